The second-order valence-electron chi connectivity index (χ2n) is 10.1. The van der Waals surface area contributed by atoms with Crippen LogP contribution in [0.2, 0.25) is 0 Å². The number of imidazole rings is 1. The minimum atomic E-state index is -1.02. The lowest BCUT2D eigenvalue weighted by atomic mass is 9.95. The molecule has 0 spiro atoms. The highest BCUT2D eigenvalue weighted by Gasteiger charge is 2.26. The van der Waals surface area contributed by atoms with Crippen molar-refractivity contribution in [3.63, 3.8) is 0 Å². The average Bonchev–Trinajstić information content (AvgIpc) is 3.46. The van der Waals surface area contributed by atoms with Crippen LogP contribution >= 0.6 is 0 Å². The van der Waals surface area contributed by atoms with Gasteiger partial charge in [-0.05, 0) is 70.0 Å². The topological polar surface area (TPSA) is 121 Å². The van der Waals surface area contributed by atoms with E-state index in [0.29, 0.717) is 0 Å². The molecular weight excluding hydrogens is 452 g/mol. The fourth-order valence-corrected chi connectivity index (χ4v) is 4.23. The molecule has 0 radical (unpaired) electrons. The minimum absolute atomic E-state index is 0. The highest BCUT2D eigenvalue weighted by molar-refractivity contribution is 5.87. The van der Waals surface area contributed by atoms with Gasteiger partial charge >= 0.3 is 0 Å². The monoisotopic (exact) mass is 484 g/mol. The lowest BCUT2D eigenvalue weighted by Crippen LogP contribution is -2.23. The van der Waals surface area contributed by atoms with E-state index in [9.17, 15) is 5.11 Å². The summed E-state index contributed by atoms with van der Waals surface area (Å²) in [7, 11) is 0. The second kappa shape index (κ2) is 8.83. The number of nitrogens with two attached hydrogens (primary N) is 1. The van der Waals surface area contributed by atoms with Crippen molar-refractivity contribution in [3.05, 3.63) is 67.0 Å². The van der Waals surface area contributed by atoms with Gasteiger partial charge in [-0.1, -0.05) is 19.6 Å². The number of nitrogens with zero attached hydrogens (tertiary/aromatic N) is 7. The molecule has 3 aromatic heterocycles. The van der Waals surface area contributed by atoms with Gasteiger partial charge in [0.1, 0.15) is 18.5 Å². The number of benzene rings is 2. The summed E-state index contributed by atoms with van der Waals surface area (Å²) in [6, 6.07) is 12.0. The molecule has 0 aliphatic heterocycles. The molecule has 0 unspecified atom stereocenters. The van der Waals surface area contributed by atoms with Crippen molar-refractivity contribution in [3.8, 4) is 28.2 Å². The Balaban J connectivity index is 0.00000304. The van der Waals surface area contributed by atoms with Gasteiger partial charge in [0.2, 0.25) is 5.95 Å². The van der Waals surface area contributed by atoms with E-state index in [4.69, 9.17) is 10.7 Å². The van der Waals surface area contributed by atoms with Crippen molar-refractivity contribution in [2.75, 3.05) is 5.73 Å². The molecule has 0 atom stereocenters. The molecule has 0 aliphatic carbocycles. The summed E-state index contributed by atoms with van der Waals surface area (Å²) in [5.41, 5.74) is 10.5. The van der Waals surface area contributed by atoms with E-state index in [1.807, 2.05) is 30.3 Å². The first-order chi connectivity index (χ1) is 16.5. The van der Waals surface area contributed by atoms with Crippen molar-refractivity contribution in [1.29, 1.82) is 0 Å². The van der Waals surface area contributed by atoms with Crippen molar-refractivity contribution < 1.29 is 5.11 Å². The largest absolute Gasteiger partial charge is 0.386 e. The quantitative estimate of drug-likeness (QED) is 0.370. The molecule has 5 rings (SSSR count). The highest BCUT2D eigenvalue weighted by Crippen LogP contribution is 2.37. The van der Waals surface area contributed by atoms with Gasteiger partial charge in [0, 0.05) is 29.1 Å². The van der Waals surface area contributed by atoms with Crippen LogP contribution in [0.3, 0.4) is 0 Å². The lowest BCUT2D eigenvalue weighted by molar-refractivity contribution is 0.0786. The van der Waals surface area contributed by atoms with Crippen molar-refractivity contribution >= 4 is 17.0 Å². The summed E-state index contributed by atoms with van der Waals surface area (Å²) in [4.78, 5) is 17.5. The molecule has 3 N–H and O–H groups in total. The van der Waals surface area contributed by atoms with Crippen LogP contribution in [-0.4, -0.2) is 39.4 Å². The second-order valence-corrected chi connectivity index (χ2v) is 10.1. The summed E-state index contributed by atoms with van der Waals surface area (Å²) in [6.45, 7) is 9.99. The number of rotatable bonds is 4. The van der Waals surface area contributed by atoms with Crippen LogP contribution in [0.25, 0.3) is 39.2 Å². The number of aromatic nitrogens is 7. The Bertz CT molecular complexity index is 1500. The third kappa shape index (κ3) is 4.45. The van der Waals surface area contributed by atoms with Gasteiger partial charge in [-0.2, -0.15) is 5.10 Å². The SMILES string of the molecule is C.CC(C)(O)c1ccc(-n2cncn2)c(-c2nc3cc(-c4cnc(N)nc4)ccc3n2C(C)(C)C)c1. The molecule has 0 saturated heterocycles. The molecule has 2 aromatic carbocycles. The maximum atomic E-state index is 10.7. The summed E-state index contributed by atoms with van der Waals surface area (Å²) in [5, 5.41) is 15.1. The van der Waals surface area contributed by atoms with Gasteiger partial charge in [0.05, 0.1) is 22.3 Å². The number of aliphatic hydroxyl groups is 1. The molecule has 9 nitrogen and oxygen atoms in total. The van der Waals surface area contributed by atoms with Gasteiger partial charge in [-0.25, -0.2) is 24.6 Å². The van der Waals surface area contributed by atoms with Crippen molar-refractivity contribution in [2.24, 2.45) is 0 Å². The number of fused-ring (bicyclic) bond motifs is 1. The molecule has 0 bridgehead atoms. The van der Waals surface area contributed by atoms with Crippen molar-refractivity contribution in [2.45, 2.75) is 53.2 Å². The van der Waals surface area contributed by atoms with E-state index < -0.39 is 5.60 Å². The highest BCUT2D eigenvalue weighted by atomic mass is 16.3. The third-order valence-electron chi connectivity index (χ3n) is 5.94. The molecule has 186 valence electrons. The maximum Gasteiger partial charge on any atom is 0.219 e. The molecule has 0 saturated carbocycles. The van der Waals surface area contributed by atoms with Crippen LogP contribution in [-0.2, 0) is 11.1 Å². The first kappa shape index (κ1) is 25.0. The van der Waals surface area contributed by atoms with E-state index >= 15 is 0 Å². The zero-order chi connectivity index (χ0) is 25.0. The Kier molecular flexibility index (Phi) is 6.13. The summed E-state index contributed by atoms with van der Waals surface area (Å²) in [5.74, 6) is 1.01. The van der Waals surface area contributed by atoms with Gasteiger partial charge in [-0.3, -0.25) is 0 Å². The zero-order valence-electron chi connectivity index (χ0n) is 20.4. The van der Waals surface area contributed by atoms with Gasteiger partial charge in [0.25, 0.3) is 0 Å². The normalized spacial score (nSPS) is 12.1. The third-order valence-corrected chi connectivity index (χ3v) is 5.94. The van der Waals surface area contributed by atoms with Gasteiger partial charge < -0.3 is 15.4 Å². The Morgan fingerprint density at radius 1 is 0.917 bits per heavy atom. The number of hydrogen-bond acceptors (Lipinski definition) is 7. The number of nitrogen functional groups attached to an aromatic ring is 1. The minimum Gasteiger partial charge on any atom is -0.386 e. The number of anilines is 1. The Hall–Kier alpha value is -4.11. The van der Waals surface area contributed by atoms with E-state index in [1.54, 1.807) is 37.3 Å². The average molecular weight is 485 g/mol. The first-order valence-corrected chi connectivity index (χ1v) is 11.4. The fraction of sp³-hybridized carbons (Fsp3) is 0.296. The van der Waals surface area contributed by atoms with Crippen LogP contribution in [0.4, 0.5) is 5.95 Å². The number of hydrogen-bond donors (Lipinski definition) is 2. The van der Waals surface area contributed by atoms with Gasteiger partial charge in [-0.15, -0.1) is 0 Å². The van der Waals surface area contributed by atoms with Crippen LogP contribution in [0, 0.1) is 0 Å². The molecule has 9 heteroatoms. The molecule has 5 aromatic rings. The zero-order valence-corrected chi connectivity index (χ0v) is 20.4. The predicted molar refractivity (Wildman–Crippen MR) is 142 cm³/mol. The maximum absolute atomic E-state index is 10.7. The molecule has 0 fully saturated rings. The smallest absolute Gasteiger partial charge is 0.219 e. The van der Waals surface area contributed by atoms with Crippen LogP contribution in [0.5, 0.6) is 0 Å². The summed E-state index contributed by atoms with van der Waals surface area (Å²) < 4.78 is 3.93. The Labute approximate surface area is 210 Å². The molecule has 0 aliphatic rings. The van der Waals surface area contributed by atoms with E-state index in [1.165, 1.54) is 6.33 Å². The molecular formula is C27H32N8O. The predicted octanol–water partition coefficient (Wildman–Crippen LogP) is 4.94. The van der Waals surface area contributed by atoms with E-state index in [0.717, 1.165) is 44.8 Å². The standard InChI is InChI=1S/C26H28N8O.CH4/c1-25(2,3)34-22-8-6-16(17-12-29-24(27)30-13-17)10-20(22)32-23(34)19-11-18(26(4,5)35)7-9-21(19)33-15-28-14-31-33;/h6-15,35H,1-5H3,(H2,27,29,30);1H4. The van der Waals surface area contributed by atoms with Crippen LogP contribution in [0.15, 0.2) is 61.4 Å². The van der Waals surface area contributed by atoms with Gasteiger partial charge in [0.15, 0.2) is 0 Å². The first-order valence-electron chi connectivity index (χ1n) is 11.4. The Morgan fingerprint density at radius 3 is 2.25 bits per heavy atom. The molecule has 0 amide bonds. The lowest BCUT2D eigenvalue weighted by Gasteiger charge is -2.26. The van der Waals surface area contributed by atoms with Crippen LogP contribution in [0.1, 0.15) is 47.6 Å². The fourth-order valence-electron chi connectivity index (χ4n) is 4.23. The van der Waals surface area contributed by atoms with E-state index in [-0.39, 0.29) is 18.9 Å². The molecule has 3 heterocycles. The summed E-state index contributed by atoms with van der Waals surface area (Å²) in [6.07, 6.45) is 6.58. The van der Waals surface area contributed by atoms with Crippen molar-refractivity contribution in [1.82, 2.24) is 34.3 Å². The van der Waals surface area contributed by atoms with Crippen LogP contribution < -0.4 is 5.73 Å². The molecule has 36 heavy (non-hydrogen) atoms. The van der Waals surface area contributed by atoms with E-state index in [2.05, 4.69) is 51.5 Å². The Morgan fingerprint density at radius 2 is 1.64 bits per heavy atom. The summed E-state index contributed by atoms with van der Waals surface area (Å²) >= 11 is 0.